The largest absolute Gasteiger partial charge is 0.494 e. The lowest BCUT2D eigenvalue weighted by Gasteiger charge is -2.04. The van der Waals surface area contributed by atoms with Crippen molar-refractivity contribution in [3.63, 3.8) is 0 Å². The standard InChI is InChI=1S/C16H15N5O3S/c1-2-17-25(23,24)10-6-7-12-11(9-10)14(16(22)18-12)15-19-13-5-3-4-8-21(13)20-15/h3-9,17-18,22H,2H2,1H3. The fraction of sp³-hybridized carbons (Fsp3) is 0.125. The molecule has 9 heteroatoms. The summed E-state index contributed by atoms with van der Waals surface area (Å²) < 4.78 is 28.5. The number of nitrogens with zero attached hydrogens (tertiary/aromatic N) is 3. The van der Waals surface area contributed by atoms with Crippen molar-refractivity contribution in [1.29, 1.82) is 0 Å². The van der Waals surface area contributed by atoms with Gasteiger partial charge in [0, 0.05) is 23.6 Å². The number of aromatic hydroxyl groups is 1. The lowest BCUT2D eigenvalue weighted by atomic mass is 10.1. The number of hydrogen-bond acceptors (Lipinski definition) is 5. The van der Waals surface area contributed by atoms with Gasteiger partial charge < -0.3 is 10.1 Å². The monoisotopic (exact) mass is 357 g/mol. The number of nitrogens with one attached hydrogen (secondary N) is 2. The van der Waals surface area contributed by atoms with Crippen molar-refractivity contribution in [3.8, 4) is 17.3 Å². The van der Waals surface area contributed by atoms with E-state index in [1.165, 1.54) is 12.1 Å². The Bertz CT molecular complexity index is 1160. The summed E-state index contributed by atoms with van der Waals surface area (Å²) in [7, 11) is -3.61. The minimum absolute atomic E-state index is 0.107. The van der Waals surface area contributed by atoms with Crippen LogP contribution in [0, 0.1) is 0 Å². The molecule has 8 nitrogen and oxygen atoms in total. The molecule has 4 aromatic rings. The molecule has 0 unspecified atom stereocenters. The quantitative estimate of drug-likeness (QED) is 0.516. The van der Waals surface area contributed by atoms with Gasteiger partial charge in [-0.25, -0.2) is 22.6 Å². The molecule has 0 amide bonds. The number of sulfonamides is 1. The molecular weight excluding hydrogens is 342 g/mol. The molecule has 25 heavy (non-hydrogen) atoms. The highest BCUT2D eigenvalue weighted by molar-refractivity contribution is 7.89. The van der Waals surface area contributed by atoms with Gasteiger partial charge in [-0.3, -0.25) is 0 Å². The maximum atomic E-state index is 12.3. The topological polar surface area (TPSA) is 112 Å². The third kappa shape index (κ3) is 2.53. The van der Waals surface area contributed by atoms with E-state index >= 15 is 0 Å². The van der Waals surface area contributed by atoms with Crippen molar-refractivity contribution < 1.29 is 13.5 Å². The number of H-pyrrole nitrogens is 1. The fourth-order valence-electron chi connectivity index (χ4n) is 2.76. The van der Waals surface area contributed by atoms with Crippen molar-refractivity contribution in [2.75, 3.05) is 6.54 Å². The van der Waals surface area contributed by atoms with Gasteiger partial charge >= 0.3 is 0 Å². The van der Waals surface area contributed by atoms with Gasteiger partial charge in [-0.2, -0.15) is 0 Å². The van der Waals surface area contributed by atoms with E-state index in [0.29, 0.717) is 34.5 Å². The van der Waals surface area contributed by atoms with E-state index in [1.54, 1.807) is 29.8 Å². The number of fused-ring (bicyclic) bond motifs is 2. The van der Waals surface area contributed by atoms with Gasteiger partial charge in [-0.15, -0.1) is 5.10 Å². The van der Waals surface area contributed by atoms with E-state index in [9.17, 15) is 13.5 Å². The molecule has 0 bridgehead atoms. The zero-order valence-corrected chi connectivity index (χ0v) is 14.1. The first-order chi connectivity index (χ1) is 12.0. The lowest BCUT2D eigenvalue weighted by Crippen LogP contribution is -2.22. The Hall–Kier alpha value is -2.91. The first kappa shape index (κ1) is 15.6. The van der Waals surface area contributed by atoms with Crippen molar-refractivity contribution >= 4 is 26.6 Å². The first-order valence-electron chi connectivity index (χ1n) is 7.66. The van der Waals surface area contributed by atoms with Gasteiger partial charge in [0.15, 0.2) is 11.5 Å². The Morgan fingerprint density at radius 3 is 2.88 bits per heavy atom. The Kier molecular flexibility index (Phi) is 3.48. The molecule has 128 valence electrons. The van der Waals surface area contributed by atoms with E-state index in [1.807, 2.05) is 12.1 Å². The van der Waals surface area contributed by atoms with Crippen molar-refractivity contribution in [2.24, 2.45) is 0 Å². The predicted molar refractivity (Wildman–Crippen MR) is 92.8 cm³/mol. The lowest BCUT2D eigenvalue weighted by molar-refractivity contribution is 0.460. The summed E-state index contributed by atoms with van der Waals surface area (Å²) >= 11 is 0. The number of aromatic nitrogens is 4. The van der Waals surface area contributed by atoms with Crippen LogP contribution in [0.25, 0.3) is 27.9 Å². The zero-order valence-electron chi connectivity index (χ0n) is 13.3. The van der Waals surface area contributed by atoms with E-state index in [2.05, 4.69) is 19.8 Å². The molecule has 0 aliphatic carbocycles. The number of pyridine rings is 1. The molecule has 4 rings (SSSR count). The number of hydrogen-bond donors (Lipinski definition) is 3. The molecule has 0 aliphatic rings. The van der Waals surface area contributed by atoms with Gasteiger partial charge in [0.05, 0.1) is 10.5 Å². The fourth-order valence-corrected chi connectivity index (χ4v) is 3.83. The van der Waals surface area contributed by atoms with Crippen molar-refractivity contribution in [3.05, 3.63) is 42.6 Å². The van der Waals surface area contributed by atoms with Gasteiger partial charge in [-0.05, 0) is 30.3 Å². The van der Waals surface area contributed by atoms with Crippen LogP contribution in [0.15, 0.2) is 47.5 Å². The summed E-state index contributed by atoms with van der Waals surface area (Å²) in [5.41, 5.74) is 1.59. The summed E-state index contributed by atoms with van der Waals surface area (Å²) in [6, 6.07) is 10.1. The van der Waals surface area contributed by atoms with E-state index in [4.69, 9.17) is 0 Å². The number of rotatable bonds is 4. The second-order valence-corrected chi connectivity index (χ2v) is 7.26. The number of benzene rings is 1. The minimum Gasteiger partial charge on any atom is -0.494 e. The van der Waals surface area contributed by atoms with Crippen LogP contribution in [0.3, 0.4) is 0 Å². The summed E-state index contributed by atoms with van der Waals surface area (Å²) in [4.78, 5) is 7.35. The highest BCUT2D eigenvalue weighted by Crippen LogP contribution is 2.36. The third-order valence-electron chi connectivity index (χ3n) is 3.86. The van der Waals surface area contributed by atoms with Gasteiger partial charge in [-0.1, -0.05) is 13.0 Å². The van der Waals surface area contributed by atoms with Gasteiger partial charge in [0.25, 0.3) is 0 Å². The molecule has 0 atom stereocenters. The second kappa shape index (κ2) is 5.57. The number of aromatic amines is 1. The molecule has 1 aromatic carbocycles. The first-order valence-corrected chi connectivity index (χ1v) is 9.14. The van der Waals surface area contributed by atoms with Crippen LogP contribution in [0.5, 0.6) is 5.88 Å². The van der Waals surface area contributed by atoms with Crippen LogP contribution >= 0.6 is 0 Å². The summed E-state index contributed by atoms with van der Waals surface area (Å²) in [5, 5.41) is 15.2. The normalized spacial score (nSPS) is 12.2. The Morgan fingerprint density at radius 2 is 2.12 bits per heavy atom. The third-order valence-corrected chi connectivity index (χ3v) is 5.40. The van der Waals surface area contributed by atoms with E-state index in [0.717, 1.165) is 0 Å². The molecule has 0 fully saturated rings. The summed E-state index contributed by atoms with van der Waals surface area (Å²) in [6.45, 7) is 2.00. The average molecular weight is 357 g/mol. The Labute approximate surface area is 143 Å². The van der Waals surface area contributed by atoms with E-state index < -0.39 is 10.0 Å². The highest BCUT2D eigenvalue weighted by atomic mass is 32.2. The van der Waals surface area contributed by atoms with Crippen LogP contribution in [0.1, 0.15) is 6.92 Å². The molecule has 3 heterocycles. The van der Waals surface area contributed by atoms with Gasteiger partial charge in [0.2, 0.25) is 15.9 Å². The molecule has 3 aromatic heterocycles. The van der Waals surface area contributed by atoms with Crippen LogP contribution in [-0.4, -0.2) is 39.7 Å². The highest BCUT2D eigenvalue weighted by Gasteiger charge is 2.20. The molecule has 0 aliphatic heterocycles. The van der Waals surface area contributed by atoms with E-state index in [-0.39, 0.29) is 10.8 Å². The van der Waals surface area contributed by atoms with Crippen LogP contribution in [0.4, 0.5) is 0 Å². The average Bonchev–Trinajstić information content (AvgIpc) is 3.13. The molecule has 0 saturated heterocycles. The maximum Gasteiger partial charge on any atom is 0.240 e. The van der Waals surface area contributed by atoms with Crippen molar-refractivity contribution in [2.45, 2.75) is 11.8 Å². The Balaban J connectivity index is 1.95. The van der Waals surface area contributed by atoms with Crippen molar-refractivity contribution in [1.82, 2.24) is 24.3 Å². The minimum atomic E-state index is -3.61. The maximum absolute atomic E-state index is 12.3. The molecule has 0 radical (unpaired) electrons. The zero-order chi connectivity index (χ0) is 17.6. The molecule has 0 spiro atoms. The molecular formula is C16H15N5O3S. The molecule has 3 N–H and O–H groups in total. The van der Waals surface area contributed by atoms with Crippen LogP contribution in [-0.2, 0) is 10.0 Å². The smallest absolute Gasteiger partial charge is 0.240 e. The Morgan fingerprint density at radius 1 is 1.28 bits per heavy atom. The second-order valence-electron chi connectivity index (χ2n) is 5.50. The SMILES string of the molecule is CCNS(=O)(=O)c1ccc2[nH]c(O)c(-c3nc4ccccn4n3)c2c1. The summed E-state index contributed by atoms with van der Waals surface area (Å²) in [5.74, 6) is 0.205. The summed E-state index contributed by atoms with van der Waals surface area (Å²) in [6.07, 6.45) is 1.75. The predicted octanol–water partition coefficient (Wildman–Crippen LogP) is 1.88. The molecule has 0 saturated carbocycles. The van der Waals surface area contributed by atoms with Crippen LogP contribution < -0.4 is 4.72 Å². The van der Waals surface area contributed by atoms with Crippen LogP contribution in [0.2, 0.25) is 0 Å². The van der Waals surface area contributed by atoms with Gasteiger partial charge in [0.1, 0.15) is 0 Å².